The van der Waals surface area contributed by atoms with Gasteiger partial charge in [0.25, 0.3) is 0 Å². The molecule has 3 heterocycles. The van der Waals surface area contributed by atoms with Gasteiger partial charge in [-0.2, -0.15) is 0 Å². The van der Waals surface area contributed by atoms with Gasteiger partial charge < -0.3 is 10.2 Å². The molecule has 6 nitrogen and oxygen atoms in total. The molecular formula is C18H15BrFN5O. The van der Waals surface area contributed by atoms with E-state index in [1.807, 2.05) is 6.07 Å². The number of benzene rings is 1. The van der Waals surface area contributed by atoms with Gasteiger partial charge in [0.15, 0.2) is 5.65 Å². The van der Waals surface area contributed by atoms with Crippen LogP contribution in [0.25, 0.3) is 16.7 Å². The van der Waals surface area contributed by atoms with Crippen LogP contribution < -0.4 is 5.32 Å². The topological polar surface area (TPSA) is 63.1 Å². The summed E-state index contributed by atoms with van der Waals surface area (Å²) in [4.78, 5) is 18.3. The Hall–Kier alpha value is -2.48. The van der Waals surface area contributed by atoms with E-state index in [9.17, 15) is 9.18 Å². The van der Waals surface area contributed by atoms with Crippen LogP contribution in [-0.2, 0) is 0 Å². The number of amides is 2. The number of aromatic nitrogens is 3. The van der Waals surface area contributed by atoms with Crippen molar-refractivity contribution >= 4 is 38.7 Å². The van der Waals surface area contributed by atoms with Gasteiger partial charge in [-0.15, -0.1) is 5.10 Å². The second-order valence-corrected chi connectivity index (χ2v) is 8.01. The Morgan fingerprint density at radius 3 is 2.85 bits per heavy atom. The highest BCUT2D eigenvalue weighted by molar-refractivity contribution is 9.10. The number of carbonyl (C=O) groups excluding carboxylic acids is 1. The van der Waals surface area contributed by atoms with Crippen molar-refractivity contribution in [2.45, 2.75) is 12.8 Å². The van der Waals surface area contributed by atoms with Crippen molar-refractivity contribution < 1.29 is 9.18 Å². The van der Waals surface area contributed by atoms with Gasteiger partial charge in [-0.1, -0.05) is 0 Å². The molecule has 2 aromatic heterocycles. The lowest BCUT2D eigenvalue weighted by molar-refractivity contribution is 0.116. The molecular weight excluding hydrogens is 401 g/mol. The average Bonchev–Trinajstić information content (AvgIpc) is 3.28. The third-order valence-electron chi connectivity index (χ3n) is 5.07. The number of pyridine rings is 1. The Morgan fingerprint density at radius 2 is 2.08 bits per heavy atom. The number of rotatable bonds is 2. The van der Waals surface area contributed by atoms with Gasteiger partial charge >= 0.3 is 6.03 Å². The minimum Gasteiger partial charge on any atom is -0.323 e. The predicted octanol–water partition coefficient (Wildman–Crippen LogP) is 3.95. The van der Waals surface area contributed by atoms with Crippen LogP contribution in [0.1, 0.15) is 12.8 Å². The van der Waals surface area contributed by atoms with Gasteiger partial charge in [0.05, 0.1) is 0 Å². The molecule has 1 aliphatic carbocycles. The maximum atomic E-state index is 14.3. The molecule has 1 spiro atoms. The van der Waals surface area contributed by atoms with Crippen LogP contribution in [0.2, 0.25) is 0 Å². The highest BCUT2D eigenvalue weighted by atomic mass is 79.9. The van der Waals surface area contributed by atoms with Crippen LogP contribution in [0.15, 0.2) is 41.1 Å². The Bertz CT molecular complexity index is 1040. The van der Waals surface area contributed by atoms with Crippen molar-refractivity contribution in [1.29, 1.82) is 0 Å². The lowest BCUT2D eigenvalue weighted by Crippen LogP contribution is -2.53. The molecule has 1 N–H and O–H groups in total. The first kappa shape index (κ1) is 15.7. The normalized spacial score (nSPS) is 17.4. The zero-order valence-corrected chi connectivity index (χ0v) is 15.3. The number of anilines is 1. The van der Waals surface area contributed by atoms with Crippen molar-refractivity contribution in [3.63, 3.8) is 0 Å². The summed E-state index contributed by atoms with van der Waals surface area (Å²) in [7, 11) is 0. The summed E-state index contributed by atoms with van der Waals surface area (Å²) in [5.41, 5.74) is 1.73. The van der Waals surface area contributed by atoms with E-state index in [0.717, 1.165) is 22.9 Å². The van der Waals surface area contributed by atoms with E-state index >= 15 is 0 Å². The highest BCUT2D eigenvalue weighted by Crippen LogP contribution is 2.52. The molecule has 0 bridgehead atoms. The molecule has 0 atom stereocenters. The second kappa shape index (κ2) is 5.51. The summed E-state index contributed by atoms with van der Waals surface area (Å²) in [5.74, 6) is -0.421. The standard InChI is InChI=1S/C18H15BrFN5O/c19-12-5-11-8-25(23-16(11)21-7-12)15-6-13(1-2-14(15)20)22-17(26)24-9-18(10-24)3-4-18/h1-2,5-8H,3-4,9-10H2,(H,22,26). The van der Waals surface area contributed by atoms with Crippen LogP contribution >= 0.6 is 15.9 Å². The minimum atomic E-state index is -0.421. The number of carbonyl (C=O) groups is 1. The van der Waals surface area contributed by atoms with Gasteiger partial charge in [0.1, 0.15) is 11.5 Å². The number of nitrogens with one attached hydrogen (secondary N) is 1. The molecule has 0 radical (unpaired) electrons. The summed E-state index contributed by atoms with van der Waals surface area (Å²) in [5, 5.41) is 7.96. The van der Waals surface area contributed by atoms with E-state index in [-0.39, 0.29) is 11.7 Å². The summed E-state index contributed by atoms with van der Waals surface area (Å²) in [6.45, 7) is 1.63. The number of urea groups is 1. The molecule has 1 aliphatic heterocycles. The average molecular weight is 416 g/mol. The molecule has 132 valence electrons. The first-order valence-corrected chi connectivity index (χ1v) is 9.18. The number of halogens is 2. The van der Waals surface area contributed by atoms with Gasteiger partial charge in [-0.05, 0) is 53.0 Å². The summed E-state index contributed by atoms with van der Waals surface area (Å²) in [6.07, 6.45) is 5.79. The monoisotopic (exact) mass is 415 g/mol. The van der Waals surface area contributed by atoms with Crippen molar-refractivity contribution in [3.05, 3.63) is 46.9 Å². The number of hydrogen-bond donors (Lipinski definition) is 1. The van der Waals surface area contributed by atoms with E-state index in [4.69, 9.17) is 0 Å². The number of nitrogens with zero attached hydrogens (tertiary/aromatic N) is 4. The van der Waals surface area contributed by atoms with Gasteiger partial charge in [0, 0.05) is 46.4 Å². The SMILES string of the molecule is O=C(Nc1ccc(F)c(-n2cc3cc(Br)cnc3n2)c1)N1CC2(CC2)C1. The third-order valence-corrected chi connectivity index (χ3v) is 5.50. The van der Waals surface area contributed by atoms with E-state index in [0.29, 0.717) is 16.7 Å². The third kappa shape index (κ3) is 2.65. The zero-order chi connectivity index (χ0) is 17.9. The van der Waals surface area contributed by atoms with Gasteiger partial charge in [-0.25, -0.2) is 18.9 Å². The van der Waals surface area contributed by atoms with Crippen molar-refractivity contribution in [3.8, 4) is 5.69 Å². The zero-order valence-electron chi connectivity index (χ0n) is 13.7. The van der Waals surface area contributed by atoms with Crippen LogP contribution in [0.3, 0.4) is 0 Å². The van der Waals surface area contributed by atoms with E-state index in [2.05, 4.69) is 31.3 Å². The van der Waals surface area contributed by atoms with Crippen molar-refractivity contribution in [2.75, 3.05) is 18.4 Å². The van der Waals surface area contributed by atoms with Crippen LogP contribution in [-0.4, -0.2) is 38.8 Å². The molecule has 1 aromatic carbocycles. The molecule has 1 saturated carbocycles. The first-order valence-electron chi connectivity index (χ1n) is 8.38. The Kier molecular flexibility index (Phi) is 3.34. The fourth-order valence-corrected chi connectivity index (χ4v) is 3.73. The molecule has 2 amide bonds. The van der Waals surface area contributed by atoms with Gasteiger partial charge in [0.2, 0.25) is 0 Å². The van der Waals surface area contributed by atoms with Crippen molar-refractivity contribution in [1.82, 2.24) is 19.7 Å². The Morgan fingerprint density at radius 1 is 1.27 bits per heavy atom. The van der Waals surface area contributed by atoms with Crippen molar-refractivity contribution in [2.24, 2.45) is 5.41 Å². The summed E-state index contributed by atoms with van der Waals surface area (Å²) >= 11 is 3.36. The summed E-state index contributed by atoms with van der Waals surface area (Å²) < 4.78 is 16.6. The smallest absolute Gasteiger partial charge is 0.321 e. The molecule has 26 heavy (non-hydrogen) atoms. The lowest BCUT2D eigenvalue weighted by atomic mass is 9.98. The molecule has 3 aromatic rings. The quantitative estimate of drug-likeness (QED) is 0.688. The molecule has 8 heteroatoms. The second-order valence-electron chi connectivity index (χ2n) is 7.09. The number of hydrogen-bond acceptors (Lipinski definition) is 3. The number of fused-ring (bicyclic) bond motifs is 1. The molecule has 5 rings (SSSR count). The summed E-state index contributed by atoms with van der Waals surface area (Å²) in [6, 6.07) is 6.20. The predicted molar refractivity (Wildman–Crippen MR) is 98.8 cm³/mol. The maximum absolute atomic E-state index is 14.3. The molecule has 1 saturated heterocycles. The fraction of sp³-hybridized carbons (Fsp3) is 0.278. The molecule has 2 fully saturated rings. The van der Waals surface area contributed by atoms with E-state index < -0.39 is 5.82 Å². The first-order chi connectivity index (χ1) is 12.5. The van der Waals surface area contributed by atoms with Crippen LogP contribution in [0.5, 0.6) is 0 Å². The number of likely N-dealkylation sites (tertiary alicyclic amines) is 1. The van der Waals surface area contributed by atoms with E-state index in [1.54, 1.807) is 29.4 Å². The highest BCUT2D eigenvalue weighted by Gasteiger charge is 2.53. The molecule has 0 unspecified atom stereocenters. The minimum absolute atomic E-state index is 0.142. The molecule has 2 aliphatic rings. The fourth-order valence-electron chi connectivity index (χ4n) is 3.38. The Balaban J connectivity index is 1.41. The van der Waals surface area contributed by atoms with Crippen LogP contribution in [0.4, 0.5) is 14.9 Å². The Labute approximate surface area is 157 Å². The van der Waals surface area contributed by atoms with E-state index in [1.165, 1.54) is 23.6 Å². The lowest BCUT2D eigenvalue weighted by Gasteiger charge is -2.39. The van der Waals surface area contributed by atoms with Gasteiger partial charge in [-0.3, -0.25) is 0 Å². The van der Waals surface area contributed by atoms with Crippen LogP contribution in [0, 0.1) is 11.2 Å². The maximum Gasteiger partial charge on any atom is 0.321 e. The largest absolute Gasteiger partial charge is 0.323 e.